The molecule has 0 fully saturated rings. The number of allylic oxidation sites excluding steroid dienone is 1. The van der Waals surface area contributed by atoms with Gasteiger partial charge in [-0.1, -0.05) is 41.7 Å². The van der Waals surface area contributed by atoms with E-state index in [2.05, 4.69) is 28.6 Å². The smallest absolute Gasteiger partial charge is 0.338 e. The molecule has 2 aromatic heterocycles. The summed E-state index contributed by atoms with van der Waals surface area (Å²) >= 11 is 2.99. The third-order valence-electron chi connectivity index (χ3n) is 6.67. The molecule has 0 saturated heterocycles. The summed E-state index contributed by atoms with van der Waals surface area (Å²) in [6, 6.07) is 15.5. The number of hydrogen-bond acceptors (Lipinski definition) is 6. The predicted molar refractivity (Wildman–Crippen MR) is 146 cm³/mol. The Kier molecular flexibility index (Phi) is 6.49. The van der Waals surface area contributed by atoms with Crippen molar-refractivity contribution < 1.29 is 9.53 Å². The van der Waals surface area contributed by atoms with Crippen molar-refractivity contribution in [3.63, 3.8) is 0 Å². The topological polar surface area (TPSA) is 65.6 Å². The number of thiazole rings is 1. The number of aromatic nitrogens is 2. The van der Waals surface area contributed by atoms with E-state index in [4.69, 9.17) is 4.74 Å². The molecule has 0 saturated carbocycles. The van der Waals surface area contributed by atoms with E-state index in [0.29, 0.717) is 20.6 Å². The summed E-state index contributed by atoms with van der Waals surface area (Å²) in [4.78, 5) is 33.3. The van der Waals surface area contributed by atoms with E-state index in [1.54, 1.807) is 30.2 Å². The summed E-state index contributed by atoms with van der Waals surface area (Å²) in [5.41, 5.74) is 4.85. The van der Waals surface area contributed by atoms with Crippen LogP contribution in [0.1, 0.15) is 36.7 Å². The minimum absolute atomic E-state index is 0.167. The van der Waals surface area contributed by atoms with Gasteiger partial charge in [0.1, 0.15) is 0 Å². The number of para-hydroxylation sites is 1. The second-order valence-electron chi connectivity index (χ2n) is 8.65. The van der Waals surface area contributed by atoms with Crippen molar-refractivity contribution in [3.05, 3.63) is 96.3 Å². The molecule has 5 rings (SSSR count). The molecular formula is C28H27N3O3S2. The van der Waals surface area contributed by atoms with Crippen molar-refractivity contribution in [2.24, 2.45) is 12.0 Å². The third kappa shape index (κ3) is 3.94. The Morgan fingerprint density at radius 1 is 1.17 bits per heavy atom. The van der Waals surface area contributed by atoms with Crippen molar-refractivity contribution in [2.75, 3.05) is 12.9 Å². The Morgan fingerprint density at radius 2 is 1.89 bits per heavy atom. The van der Waals surface area contributed by atoms with Crippen LogP contribution in [0.2, 0.25) is 0 Å². The van der Waals surface area contributed by atoms with E-state index in [0.717, 1.165) is 32.6 Å². The molecule has 0 aliphatic carbocycles. The number of carbonyl (C=O) groups is 1. The molecule has 8 heteroatoms. The summed E-state index contributed by atoms with van der Waals surface area (Å²) in [6.07, 6.45) is 3.97. The highest BCUT2D eigenvalue weighted by Gasteiger charge is 2.33. The fourth-order valence-corrected chi connectivity index (χ4v) is 6.19. The van der Waals surface area contributed by atoms with Crippen LogP contribution < -0.4 is 14.9 Å². The molecule has 3 heterocycles. The average Bonchev–Trinajstić information content (AvgIpc) is 3.32. The summed E-state index contributed by atoms with van der Waals surface area (Å²) in [5, 5.41) is 1.09. The largest absolute Gasteiger partial charge is 0.463 e. The lowest BCUT2D eigenvalue weighted by molar-refractivity contribution is -0.139. The molecule has 36 heavy (non-hydrogen) atoms. The standard InChI is InChI=1S/C28H27N3O3S2/c1-6-34-27(33)24-16(2)29-28-31(25(24)18-11-13-19(35-5)14-12-18)26(32)23(36-28)15-21-17(3)30(4)22-10-8-7-9-20(21)22/h7-15,25H,6H2,1-5H3/b23-15-. The van der Waals surface area contributed by atoms with Crippen LogP contribution in [0, 0.1) is 6.92 Å². The maximum Gasteiger partial charge on any atom is 0.338 e. The first-order chi connectivity index (χ1) is 17.3. The maximum atomic E-state index is 13.9. The number of thioether (sulfide) groups is 1. The van der Waals surface area contributed by atoms with Gasteiger partial charge in [0.2, 0.25) is 0 Å². The first kappa shape index (κ1) is 24.3. The van der Waals surface area contributed by atoms with Crippen LogP contribution in [0.25, 0.3) is 17.0 Å². The number of aryl methyl sites for hydroxylation is 1. The summed E-state index contributed by atoms with van der Waals surface area (Å²) < 4.78 is 9.75. The van der Waals surface area contributed by atoms with E-state index in [1.165, 1.54) is 11.3 Å². The van der Waals surface area contributed by atoms with Gasteiger partial charge in [-0.25, -0.2) is 9.79 Å². The second-order valence-corrected chi connectivity index (χ2v) is 10.5. The predicted octanol–water partition coefficient (Wildman–Crippen LogP) is 4.32. The van der Waals surface area contributed by atoms with Gasteiger partial charge in [0.25, 0.3) is 5.56 Å². The van der Waals surface area contributed by atoms with Gasteiger partial charge in [-0.05, 0) is 56.9 Å². The molecule has 1 atom stereocenters. The van der Waals surface area contributed by atoms with Crippen molar-refractivity contribution >= 4 is 46.0 Å². The summed E-state index contributed by atoms with van der Waals surface area (Å²) in [7, 11) is 2.03. The Labute approximate surface area is 217 Å². The molecule has 1 unspecified atom stereocenters. The number of benzene rings is 2. The van der Waals surface area contributed by atoms with Gasteiger partial charge >= 0.3 is 5.97 Å². The average molecular weight is 518 g/mol. The minimum atomic E-state index is -0.605. The molecule has 1 aliphatic heterocycles. The van der Waals surface area contributed by atoms with Crippen LogP contribution in [0.15, 0.2) is 74.5 Å². The van der Waals surface area contributed by atoms with E-state index in [-0.39, 0.29) is 12.2 Å². The van der Waals surface area contributed by atoms with Crippen molar-refractivity contribution in [2.45, 2.75) is 31.7 Å². The van der Waals surface area contributed by atoms with E-state index >= 15 is 0 Å². The van der Waals surface area contributed by atoms with Gasteiger partial charge < -0.3 is 9.30 Å². The zero-order valence-electron chi connectivity index (χ0n) is 20.9. The van der Waals surface area contributed by atoms with E-state index in [1.807, 2.05) is 55.8 Å². The highest BCUT2D eigenvalue weighted by atomic mass is 32.2. The first-order valence-electron chi connectivity index (χ1n) is 11.7. The number of hydrogen-bond donors (Lipinski definition) is 0. The van der Waals surface area contributed by atoms with Crippen molar-refractivity contribution in [1.29, 1.82) is 0 Å². The van der Waals surface area contributed by atoms with Gasteiger partial charge in [0.05, 0.1) is 28.5 Å². The molecule has 2 aromatic carbocycles. The normalized spacial score (nSPS) is 15.8. The van der Waals surface area contributed by atoms with E-state index in [9.17, 15) is 9.59 Å². The lowest BCUT2D eigenvalue weighted by atomic mass is 9.96. The van der Waals surface area contributed by atoms with Gasteiger partial charge in [0.15, 0.2) is 4.80 Å². The summed E-state index contributed by atoms with van der Waals surface area (Å²) in [6.45, 7) is 5.89. The molecule has 1 aliphatic rings. The Bertz CT molecular complexity index is 1710. The van der Waals surface area contributed by atoms with Crippen LogP contribution in [0.4, 0.5) is 0 Å². The summed E-state index contributed by atoms with van der Waals surface area (Å²) in [5.74, 6) is -0.447. The Balaban J connectivity index is 1.76. The molecule has 6 nitrogen and oxygen atoms in total. The lowest BCUT2D eigenvalue weighted by Crippen LogP contribution is -2.39. The lowest BCUT2D eigenvalue weighted by Gasteiger charge is -2.24. The molecule has 184 valence electrons. The zero-order valence-corrected chi connectivity index (χ0v) is 22.5. The first-order valence-corrected chi connectivity index (χ1v) is 13.8. The molecule has 0 N–H and O–H groups in total. The fraction of sp³-hybridized carbons (Fsp3) is 0.250. The number of carbonyl (C=O) groups excluding carboxylic acids is 1. The van der Waals surface area contributed by atoms with Crippen LogP contribution in [0.5, 0.6) is 0 Å². The molecule has 4 aromatic rings. The van der Waals surface area contributed by atoms with Crippen molar-refractivity contribution in [3.8, 4) is 0 Å². The highest BCUT2D eigenvalue weighted by molar-refractivity contribution is 7.98. The molecular weight excluding hydrogens is 490 g/mol. The third-order valence-corrected chi connectivity index (χ3v) is 8.40. The number of ether oxygens (including phenoxy) is 1. The SMILES string of the molecule is CCOC(=O)C1=C(C)N=c2s/c(=C\c3c(C)n(C)c4ccccc34)c(=O)n2C1c1ccc(SC)cc1. The van der Waals surface area contributed by atoms with Crippen LogP contribution in [0.3, 0.4) is 0 Å². The van der Waals surface area contributed by atoms with Crippen molar-refractivity contribution in [1.82, 2.24) is 9.13 Å². The van der Waals surface area contributed by atoms with Gasteiger partial charge in [0, 0.05) is 34.1 Å². The molecule has 0 bridgehead atoms. The minimum Gasteiger partial charge on any atom is -0.463 e. The van der Waals surface area contributed by atoms with Gasteiger partial charge in [-0.3, -0.25) is 9.36 Å². The fourth-order valence-electron chi connectivity index (χ4n) is 4.76. The molecule has 0 radical (unpaired) electrons. The zero-order chi connectivity index (χ0) is 25.6. The van der Waals surface area contributed by atoms with Gasteiger partial charge in [-0.2, -0.15) is 0 Å². The Morgan fingerprint density at radius 3 is 2.58 bits per heavy atom. The van der Waals surface area contributed by atoms with Crippen LogP contribution in [-0.2, 0) is 16.6 Å². The Hall–Kier alpha value is -3.36. The number of rotatable bonds is 5. The van der Waals surface area contributed by atoms with Gasteiger partial charge in [-0.15, -0.1) is 11.8 Å². The monoisotopic (exact) mass is 517 g/mol. The number of esters is 1. The van der Waals surface area contributed by atoms with E-state index < -0.39 is 12.0 Å². The number of nitrogens with zero attached hydrogens (tertiary/aromatic N) is 3. The molecule has 0 spiro atoms. The maximum absolute atomic E-state index is 13.9. The molecule has 0 amide bonds. The second kappa shape index (κ2) is 9.59. The van der Waals surface area contributed by atoms with Crippen LogP contribution in [-0.4, -0.2) is 28.0 Å². The quantitative estimate of drug-likeness (QED) is 0.292. The number of fused-ring (bicyclic) bond motifs is 2. The highest BCUT2D eigenvalue weighted by Crippen LogP contribution is 2.32. The van der Waals surface area contributed by atoms with Crippen LogP contribution >= 0.6 is 23.1 Å².